The molecule has 1 aliphatic rings. The molecule has 172 valence electrons. The molecule has 0 spiro atoms. The van der Waals surface area contributed by atoms with Crippen LogP contribution in [0.1, 0.15) is 84.5 Å². The van der Waals surface area contributed by atoms with Crippen LogP contribution in [0.15, 0.2) is 0 Å². The van der Waals surface area contributed by atoms with Gasteiger partial charge < -0.3 is 23.7 Å². The lowest BCUT2D eigenvalue weighted by Crippen LogP contribution is -2.43. The quantitative estimate of drug-likeness (QED) is 0.186. The standard InChI is InChI=1S/C22H45N2O4P/c1-21(2)13-8-6-4-5-7-9-15-23-22(25)14-12-19-27-29(26)28-20-18-24(3)16-10-11-17-24/h21,26H,4-20H2,1-3H3/p+1. The Morgan fingerprint density at radius 3 is 2.31 bits per heavy atom. The van der Waals surface area contributed by atoms with Crippen molar-refractivity contribution in [2.75, 3.05) is 46.4 Å². The molecule has 1 aliphatic heterocycles. The molecule has 1 rings (SSSR count). The first kappa shape index (κ1) is 26.8. The van der Waals surface area contributed by atoms with E-state index >= 15 is 0 Å². The highest BCUT2D eigenvalue weighted by atomic mass is 31.2. The fourth-order valence-electron chi connectivity index (χ4n) is 3.78. The molecule has 1 fully saturated rings. The molecule has 2 N–H and O–H groups in total. The van der Waals surface area contributed by atoms with Crippen molar-refractivity contribution in [2.24, 2.45) is 5.92 Å². The van der Waals surface area contributed by atoms with Crippen molar-refractivity contribution < 1.29 is 23.2 Å². The summed E-state index contributed by atoms with van der Waals surface area (Å²) in [6.45, 7) is 9.52. The number of amides is 1. The van der Waals surface area contributed by atoms with Crippen LogP contribution >= 0.6 is 8.60 Å². The number of likely N-dealkylation sites (N-methyl/N-ethyl adjacent to an activating group) is 1. The maximum absolute atomic E-state index is 11.8. The summed E-state index contributed by atoms with van der Waals surface area (Å²) in [4.78, 5) is 21.6. The zero-order valence-electron chi connectivity index (χ0n) is 19.2. The molecule has 1 amide bonds. The number of carbonyl (C=O) groups is 1. The second-order valence-corrected chi connectivity index (χ2v) is 10.2. The second-order valence-electron chi connectivity index (χ2n) is 9.16. The van der Waals surface area contributed by atoms with E-state index in [9.17, 15) is 9.69 Å². The Balaban J connectivity index is 1.84. The van der Waals surface area contributed by atoms with Crippen molar-refractivity contribution in [1.82, 2.24) is 5.32 Å². The lowest BCUT2D eigenvalue weighted by atomic mass is 10.0. The van der Waals surface area contributed by atoms with Crippen molar-refractivity contribution in [3.8, 4) is 0 Å². The number of likely N-dealkylation sites (tertiary alicyclic amines) is 1. The van der Waals surface area contributed by atoms with Gasteiger partial charge >= 0.3 is 8.60 Å². The zero-order valence-corrected chi connectivity index (χ0v) is 20.1. The molecule has 29 heavy (non-hydrogen) atoms. The summed E-state index contributed by atoms with van der Waals surface area (Å²) in [6.07, 6.45) is 12.4. The summed E-state index contributed by atoms with van der Waals surface area (Å²) >= 11 is 0. The Morgan fingerprint density at radius 1 is 1.00 bits per heavy atom. The van der Waals surface area contributed by atoms with E-state index in [1.807, 2.05) is 0 Å². The molecule has 1 atom stereocenters. The first-order valence-corrected chi connectivity index (χ1v) is 12.9. The molecular weight excluding hydrogens is 387 g/mol. The summed E-state index contributed by atoms with van der Waals surface area (Å²) < 4.78 is 11.7. The lowest BCUT2D eigenvalue weighted by Gasteiger charge is -2.29. The Bertz CT molecular complexity index is 418. The van der Waals surface area contributed by atoms with Gasteiger partial charge in [-0.2, -0.15) is 0 Å². The van der Waals surface area contributed by atoms with Gasteiger partial charge in [-0.1, -0.05) is 52.4 Å². The Hall–Kier alpha value is -0.260. The van der Waals surface area contributed by atoms with Crippen LogP contribution in [0.5, 0.6) is 0 Å². The normalized spacial score (nSPS) is 17.0. The van der Waals surface area contributed by atoms with Crippen LogP contribution in [-0.2, 0) is 13.8 Å². The van der Waals surface area contributed by atoms with E-state index in [0.717, 1.165) is 29.9 Å². The highest BCUT2D eigenvalue weighted by molar-refractivity contribution is 7.40. The van der Waals surface area contributed by atoms with E-state index in [2.05, 4.69) is 26.2 Å². The Morgan fingerprint density at radius 2 is 1.62 bits per heavy atom. The monoisotopic (exact) mass is 433 g/mol. The molecular formula is C22H46N2O4P+. The van der Waals surface area contributed by atoms with Crippen LogP contribution in [-0.4, -0.2) is 61.7 Å². The van der Waals surface area contributed by atoms with E-state index in [1.165, 1.54) is 64.5 Å². The maximum atomic E-state index is 11.8. The van der Waals surface area contributed by atoms with Gasteiger partial charge in [0, 0.05) is 25.8 Å². The minimum Gasteiger partial charge on any atom is -0.356 e. The van der Waals surface area contributed by atoms with E-state index in [-0.39, 0.29) is 5.91 Å². The van der Waals surface area contributed by atoms with Crippen molar-refractivity contribution in [3.05, 3.63) is 0 Å². The third kappa shape index (κ3) is 15.2. The summed E-state index contributed by atoms with van der Waals surface area (Å²) in [5, 5.41) is 2.97. The fourth-order valence-corrected chi connectivity index (χ4v) is 4.37. The van der Waals surface area contributed by atoms with Crippen LogP contribution in [0.4, 0.5) is 0 Å². The van der Waals surface area contributed by atoms with Gasteiger partial charge in [0.15, 0.2) is 0 Å². The fraction of sp³-hybridized carbons (Fsp3) is 0.955. The smallest absolute Gasteiger partial charge is 0.330 e. The van der Waals surface area contributed by atoms with Gasteiger partial charge in [-0.25, -0.2) is 0 Å². The number of nitrogens with zero attached hydrogens (tertiary/aromatic N) is 1. The maximum Gasteiger partial charge on any atom is 0.330 e. The zero-order chi connectivity index (χ0) is 21.4. The van der Waals surface area contributed by atoms with E-state index in [1.54, 1.807) is 0 Å². The third-order valence-corrected chi connectivity index (χ3v) is 6.57. The molecule has 1 saturated heterocycles. The van der Waals surface area contributed by atoms with Gasteiger partial charge in [0.1, 0.15) is 13.2 Å². The molecule has 0 aromatic rings. The molecule has 6 nitrogen and oxygen atoms in total. The summed E-state index contributed by atoms with van der Waals surface area (Å²) in [5.41, 5.74) is 0. The third-order valence-electron chi connectivity index (χ3n) is 5.76. The second kappa shape index (κ2) is 16.4. The van der Waals surface area contributed by atoms with Crippen molar-refractivity contribution >= 4 is 14.5 Å². The SMILES string of the molecule is CC(C)CCCCCCCCNC(=O)CCCOP(O)OCC[N+]1(C)CCCC1. The largest absolute Gasteiger partial charge is 0.356 e. The van der Waals surface area contributed by atoms with Crippen molar-refractivity contribution in [1.29, 1.82) is 0 Å². The van der Waals surface area contributed by atoms with Crippen molar-refractivity contribution in [2.45, 2.75) is 84.5 Å². The topological polar surface area (TPSA) is 67.8 Å². The van der Waals surface area contributed by atoms with E-state index < -0.39 is 8.60 Å². The average molecular weight is 434 g/mol. The predicted octanol–water partition coefficient (Wildman–Crippen LogP) is 4.76. The van der Waals surface area contributed by atoms with E-state index in [0.29, 0.717) is 26.1 Å². The molecule has 0 aromatic carbocycles. The van der Waals surface area contributed by atoms with Crippen LogP contribution in [0.3, 0.4) is 0 Å². The number of carbonyl (C=O) groups excluding carboxylic acids is 1. The van der Waals surface area contributed by atoms with Crippen LogP contribution < -0.4 is 5.32 Å². The number of hydrogen-bond acceptors (Lipinski definition) is 4. The average Bonchev–Trinajstić information content (AvgIpc) is 3.10. The Kier molecular flexibility index (Phi) is 15.2. The molecule has 7 heteroatoms. The molecule has 1 heterocycles. The van der Waals surface area contributed by atoms with Gasteiger partial charge in [0.25, 0.3) is 0 Å². The summed E-state index contributed by atoms with van der Waals surface area (Å²) in [5.74, 6) is 0.886. The van der Waals surface area contributed by atoms with Gasteiger partial charge in [-0.3, -0.25) is 4.79 Å². The van der Waals surface area contributed by atoms with Crippen LogP contribution in [0.25, 0.3) is 0 Å². The van der Waals surface area contributed by atoms with Gasteiger partial charge in [0.05, 0.1) is 26.7 Å². The van der Waals surface area contributed by atoms with Gasteiger partial charge in [0.2, 0.25) is 5.91 Å². The van der Waals surface area contributed by atoms with Gasteiger partial charge in [-0.05, 0) is 18.8 Å². The van der Waals surface area contributed by atoms with Gasteiger partial charge in [-0.15, -0.1) is 0 Å². The number of rotatable bonds is 18. The summed E-state index contributed by atoms with van der Waals surface area (Å²) in [6, 6.07) is 0. The molecule has 0 aliphatic carbocycles. The number of unbranched alkanes of at least 4 members (excludes halogenated alkanes) is 5. The molecule has 0 radical (unpaired) electrons. The van der Waals surface area contributed by atoms with Crippen molar-refractivity contribution in [3.63, 3.8) is 0 Å². The van der Waals surface area contributed by atoms with Crippen LogP contribution in [0.2, 0.25) is 0 Å². The first-order valence-electron chi connectivity index (χ1n) is 11.8. The Labute approximate surface area is 180 Å². The molecule has 0 saturated carbocycles. The predicted molar refractivity (Wildman–Crippen MR) is 120 cm³/mol. The summed E-state index contributed by atoms with van der Waals surface area (Å²) in [7, 11) is 0.417. The lowest BCUT2D eigenvalue weighted by molar-refractivity contribution is -0.897. The minimum atomic E-state index is -1.82. The number of nitrogens with one attached hydrogen (secondary N) is 1. The number of quaternary nitrogens is 1. The van der Waals surface area contributed by atoms with Crippen LogP contribution in [0, 0.1) is 5.92 Å². The highest BCUT2D eigenvalue weighted by Crippen LogP contribution is 2.33. The molecule has 0 bridgehead atoms. The molecule has 0 aromatic heterocycles. The highest BCUT2D eigenvalue weighted by Gasteiger charge is 2.26. The minimum absolute atomic E-state index is 0.0696. The van der Waals surface area contributed by atoms with E-state index in [4.69, 9.17) is 9.05 Å². The first-order chi connectivity index (χ1) is 13.9. The molecule has 1 unspecified atom stereocenters. The number of hydrogen-bond donors (Lipinski definition) is 2.